The van der Waals surface area contributed by atoms with E-state index >= 15 is 0 Å². The zero-order chi connectivity index (χ0) is 20.4. The van der Waals surface area contributed by atoms with Gasteiger partial charge < -0.3 is 14.5 Å². The van der Waals surface area contributed by atoms with E-state index < -0.39 is 0 Å². The maximum Gasteiger partial charge on any atom is 0.272 e. The van der Waals surface area contributed by atoms with E-state index in [0.717, 1.165) is 22.0 Å². The molecule has 8 heteroatoms. The molecule has 7 nitrogen and oxygen atoms in total. The lowest BCUT2D eigenvalue weighted by atomic mass is 10.2. The molecule has 0 bridgehead atoms. The standard InChI is InChI=1S/C21H22N4O3S/c1-15(26)23-9-11-24(12-10-23)21(27)19-14-18(20-4-3-13-29-20)22-25(19)16-5-7-17(28-2)8-6-16/h3-8,13-14H,9-12H2,1-2H3. The Bertz CT molecular complexity index is 1000. The van der Waals surface area contributed by atoms with Crippen molar-refractivity contribution in [3.8, 4) is 22.0 Å². The lowest BCUT2D eigenvalue weighted by Crippen LogP contribution is -2.50. The highest BCUT2D eigenvalue weighted by atomic mass is 32.1. The van der Waals surface area contributed by atoms with Crippen LogP contribution in [0.2, 0.25) is 0 Å². The molecule has 0 spiro atoms. The summed E-state index contributed by atoms with van der Waals surface area (Å²) >= 11 is 1.59. The molecule has 3 aromatic rings. The Morgan fingerprint density at radius 3 is 2.31 bits per heavy atom. The number of benzene rings is 1. The molecule has 1 fully saturated rings. The highest BCUT2D eigenvalue weighted by molar-refractivity contribution is 7.13. The molecule has 1 aromatic carbocycles. The number of nitrogens with zero attached hydrogens (tertiary/aromatic N) is 4. The van der Waals surface area contributed by atoms with Crippen molar-refractivity contribution in [2.75, 3.05) is 33.3 Å². The van der Waals surface area contributed by atoms with Gasteiger partial charge in [0, 0.05) is 33.1 Å². The zero-order valence-electron chi connectivity index (χ0n) is 16.4. The van der Waals surface area contributed by atoms with E-state index in [9.17, 15) is 9.59 Å². The number of carbonyl (C=O) groups is 2. The summed E-state index contributed by atoms with van der Waals surface area (Å²) < 4.78 is 6.92. The molecule has 0 aliphatic carbocycles. The van der Waals surface area contributed by atoms with Crippen LogP contribution in [0, 0.1) is 0 Å². The summed E-state index contributed by atoms with van der Waals surface area (Å²) in [6, 6.07) is 13.3. The zero-order valence-corrected chi connectivity index (χ0v) is 17.2. The van der Waals surface area contributed by atoms with Gasteiger partial charge in [0.25, 0.3) is 5.91 Å². The molecule has 150 valence electrons. The number of amides is 2. The highest BCUT2D eigenvalue weighted by Crippen LogP contribution is 2.27. The van der Waals surface area contributed by atoms with E-state index in [2.05, 4.69) is 0 Å². The number of thiophene rings is 1. The third-order valence-electron chi connectivity index (χ3n) is 5.03. The molecule has 0 N–H and O–H groups in total. The van der Waals surface area contributed by atoms with Crippen molar-refractivity contribution in [2.24, 2.45) is 0 Å². The first-order chi connectivity index (χ1) is 14.1. The number of aromatic nitrogens is 2. The summed E-state index contributed by atoms with van der Waals surface area (Å²) in [5, 5.41) is 6.70. The van der Waals surface area contributed by atoms with Crippen LogP contribution in [-0.2, 0) is 4.79 Å². The van der Waals surface area contributed by atoms with Crippen molar-refractivity contribution in [3.63, 3.8) is 0 Å². The van der Waals surface area contributed by atoms with Crippen LogP contribution >= 0.6 is 11.3 Å². The van der Waals surface area contributed by atoms with Crippen molar-refractivity contribution < 1.29 is 14.3 Å². The van der Waals surface area contributed by atoms with Gasteiger partial charge in [0.15, 0.2) is 0 Å². The molecule has 2 amide bonds. The van der Waals surface area contributed by atoms with Crippen LogP contribution in [0.1, 0.15) is 17.4 Å². The summed E-state index contributed by atoms with van der Waals surface area (Å²) in [6.45, 7) is 3.69. The second-order valence-electron chi connectivity index (χ2n) is 6.80. The molecule has 3 heterocycles. The number of carbonyl (C=O) groups excluding carboxylic acids is 2. The largest absolute Gasteiger partial charge is 0.497 e. The minimum Gasteiger partial charge on any atom is -0.497 e. The fraction of sp³-hybridized carbons (Fsp3) is 0.286. The number of ether oxygens (including phenoxy) is 1. The molecule has 0 radical (unpaired) electrons. The van der Waals surface area contributed by atoms with E-state index in [-0.39, 0.29) is 11.8 Å². The van der Waals surface area contributed by atoms with Crippen molar-refractivity contribution in [1.29, 1.82) is 0 Å². The molecule has 2 aromatic heterocycles. The third kappa shape index (κ3) is 3.88. The summed E-state index contributed by atoms with van der Waals surface area (Å²) in [5.41, 5.74) is 2.07. The topological polar surface area (TPSA) is 67.7 Å². The average Bonchev–Trinajstić information content (AvgIpc) is 3.43. The number of methoxy groups -OCH3 is 1. The van der Waals surface area contributed by atoms with Gasteiger partial charge >= 0.3 is 0 Å². The molecule has 0 unspecified atom stereocenters. The second-order valence-corrected chi connectivity index (χ2v) is 7.75. The van der Waals surface area contributed by atoms with Gasteiger partial charge in [-0.05, 0) is 41.8 Å². The Balaban J connectivity index is 1.67. The predicted molar refractivity (Wildman–Crippen MR) is 112 cm³/mol. The van der Waals surface area contributed by atoms with Crippen LogP contribution in [-0.4, -0.2) is 64.7 Å². The van der Waals surface area contributed by atoms with Crippen molar-refractivity contribution in [1.82, 2.24) is 19.6 Å². The van der Waals surface area contributed by atoms with Crippen LogP contribution in [0.25, 0.3) is 16.3 Å². The predicted octanol–water partition coefficient (Wildman–Crippen LogP) is 2.91. The number of hydrogen-bond acceptors (Lipinski definition) is 5. The van der Waals surface area contributed by atoms with Gasteiger partial charge in [0.05, 0.1) is 17.7 Å². The summed E-state index contributed by atoms with van der Waals surface area (Å²) in [4.78, 5) is 29.4. The molecular weight excluding hydrogens is 388 g/mol. The minimum atomic E-state index is -0.0840. The minimum absolute atomic E-state index is 0.0420. The Labute approximate surface area is 173 Å². The molecule has 4 rings (SSSR count). The maximum absolute atomic E-state index is 13.3. The summed E-state index contributed by atoms with van der Waals surface area (Å²) in [5.74, 6) is 0.701. The molecule has 0 atom stereocenters. The number of piperazine rings is 1. The van der Waals surface area contributed by atoms with Crippen molar-refractivity contribution >= 4 is 23.2 Å². The lowest BCUT2D eigenvalue weighted by Gasteiger charge is -2.34. The van der Waals surface area contributed by atoms with Crippen LogP contribution in [0.4, 0.5) is 0 Å². The van der Waals surface area contributed by atoms with Gasteiger partial charge in [-0.1, -0.05) is 6.07 Å². The number of hydrogen-bond donors (Lipinski definition) is 0. The Hall–Kier alpha value is -3.13. The normalized spacial score (nSPS) is 14.1. The van der Waals surface area contributed by atoms with Gasteiger partial charge in [-0.2, -0.15) is 5.10 Å². The van der Waals surface area contributed by atoms with Crippen molar-refractivity contribution in [2.45, 2.75) is 6.92 Å². The molecule has 1 aliphatic rings. The third-order valence-corrected chi connectivity index (χ3v) is 5.92. The van der Waals surface area contributed by atoms with Gasteiger partial charge in [-0.25, -0.2) is 4.68 Å². The first-order valence-electron chi connectivity index (χ1n) is 9.40. The van der Waals surface area contributed by atoms with E-state index in [0.29, 0.717) is 31.9 Å². The van der Waals surface area contributed by atoms with E-state index in [1.54, 1.807) is 39.9 Å². The van der Waals surface area contributed by atoms with Gasteiger partial charge in [0.1, 0.15) is 17.1 Å². The summed E-state index contributed by atoms with van der Waals surface area (Å²) in [7, 11) is 1.62. The molecule has 1 aliphatic heterocycles. The van der Waals surface area contributed by atoms with Crippen molar-refractivity contribution in [3.05, 3.63) is 53.5 Å². The Morgan fingerprint density at radius 1 is 1.03 bits per heavy atom. The smallest absolute Gasteiger partial charge is 0.272 e. The Kier molecular flexibility index (Phi) is 5.35. The molecular formula is C21H22N4O3S. The van der Waals surface area contributed by atoms with Crippen LogP contribution < -0.4 is 4.74 Å². The van der Waals surface area contributed by atoms with Crippen LogP contribution in [0.15, 0.2) is 47.8 Å². The fourth-order valence-electron chi connectivity index (χ4n) is 3.38. The second kappa shape index (κ2) is 8.08. The van der Waals surface area contributed by atoms with Crippen LogP contribution in [0.3, 0.4) is 0 Å². The average molecular weight is 410 g/mol. The SMILES string of the molecule is COc1ccc(-n2nc(-c3cccs3)cc2C(=O)N2CCN(C(C)=O)CC2)cc1. The van der Waals surface area contributed by atoms with Gasteiger partial charge in [-0.15, -0.1) is 11.3 Å². The van der Waals surface area contributed by atoms with Crippen LogP contribution in [0.5, 0.6) is 5.75 Å². The maximum atomic E-state index is 13.3. The quantitative estimate of drug-likeness (QED) is 0.663. The molecule has 0 saturated carbocycles. The number of rotatable bonds is 4. The molecule has 1 saturated heterocycles. The monoisotopic (exact) mass is 410 g/mol. The summed E-state index contributed by atoms with van der Waals surface area (Å²) in [6.07, 6.45) is 0. The first kappa shape index (κ1) is 19.2. The van der Waals surface area contributed by atoms with Gasteiger partial charge in [0.2, 0.25) is 5.91 Å². The lowest BCUT2D eigenvalue weighted by molar-refractivity contribution is -0.130. The van der Waals surface area contributed by atoms with E-state index in [4.69, 9.17) is 9.84 Å². The fourth-order valence-corrected chi connectivity index (χ4v) is 4.07. The highest BCUT2D eigenvalue weighted by Gasteiger charge is 2.27. The first-order valence-corrected chi connectivity index (χ1v) is 10.3. The molecule has 29 heavy (non-hydrogen) atoms. The van der Waals surface area contributed by atoms with E-state index in [1.807, 2.05) is 47.8 Å². The van der Waals surface area contributed by atoms with Gasteiger partial charge in [-0.3, -0.25) is 9.59 Å². The Morgan fingerprint density at radius 2 is 1.72 bits per heavy atom. The van der Waals surface area contributed by atoms with E-state index in [1.165, 1.54) is 0 Å².